The summed E-state index contributed by atoms with van der Waals surface area (Å²) in [6.07, 6.45) is 0. The summed E-state index contributed by atoms with van der Waals surface area (Å²) >= 11 is 3.49. The van der Waals surface area contributed by atoms with Crippen molar-refractivity contribution in [1.82, 2.24) is 5.32 Å². The maximum Gasteiger partial charge on any atom is 0.264 e. The van der Waals surface area contributed by atoms with Gasteiger partial charge in [0, 0.05) is 18.1 Å². The third-order valence-corrected chi connectivity index (χ3v) is 3.72. The highest BCUT2D eigenvalue weighted by molar-refractivity contribution is 9.10. The molecular formula is C12H13BrN4O2. The van der Waals surface area contributed by atoms with Gasteiger partial charge in [0.1, 0.15) is 5.75 Å². The van der Waals surface area contributed by atoms with Gasteiger partial charge in [-0.05, 0) is 28.1 Å². The number of nitrogens with zero attached hydrogens (tertiary/aromatic N) is 2. The number of amides is 1. The average molecular weight is 325 g/mol. The fourth-order valence-corrected chi connectivity index (χ4v) is 2.42. The number of hydrogen-bond acceptors (Lipinski definition) is 5. The lowest BCUT2D eigenvalue weighted by Gasteiger charge is -2.27. The van der Waals surface area contributed by atoms with E-state index in [0.717, 1.165) is 34.9 Å². The Kier molecular flexibility index (Phi) is 3.06. The van der Waals surface area contributed by atoms with Crippen LogP contribution in [0.1, 0.15) is 0 Å². The number of guanidine groups is 1. The van der Waals surface area contributed by atoms with Crippen LogP contribution >= 0.6 is 15.9 Å². The summed E-state index contributed by atoms with van der Waals surface area (Å²) in [7, 11) is 1.74. The highest BCUT2D eigenvalue weighted by atomic mass is 79.9. The van der Waals surface area contributed by atoms with E-state index in [1.54, 1.807) is 11.9 Å². The number of ether oxygens (including phenoxy) is 1. The van der Waals surface area contributed by atoms with Gasteiger partial charge >= 0.3 is 0 Å². The lowest BCUT2D eigenvalue weighted by Crippen LogP contribution is -2.35. The van der Waals surface area contributed by atoms with E-state index >= 15 is 0 Å². The zero-order valence-electron chi connectivity index (χ0n) is 10.4. The van der Waals surface area contributed by atoms with E-state index in [-0.39, 0.29) is 12.5 Å². The highest BCUT2D eigenvalue weighted by Gasteiger charge is 2.24. The van der Waals surface area contributed by atoms with Crippen LogP contribution in [0.25, 0.3) is 0 Å². The number of carbonyl (C=O) groups excluding carboxylic acids is 1. The van der Waals surface area contributed by atoms with Gasteiger partial charge in [-0.25, -0.2) is 0 Å². The molecule has 1 amide bonds. The van der Waals surface area contributed by atoms with E-state index in [9.17, 15) is 4.79 Å². The summed E-state index contributed by atoms with van der Waals surface area (Å²) in [4.78, 5) is 17.5. The Morgan fingerprint density at radius 3 is 3.11 bits per heavy atom. The van der Waals surface area contributed by atoms with Crippen molar-refractivity contribution < 1.29 is 9.53 Å². The van der Waals surface area contributed by atoms with Crippen LogP contribution in [0.5, 0.6) is 5.75 Å². The van der Waals surface area contributed by atoms with E-state index in [1.807, 2.05) is 12.1 Å². The molecule has 3 rings (SSSR count). The van der Waals surface area contributed by atoms with E-state index in [1.165, 1.54) is 0 Å². The molecule has 0 spiro atoms. The van der Waals surface area contributed by atoms with Gasteiger partial charge in [-0.1, -0.05) is 0 Å². The minimum Gasteiger partial charge on any atom is -0.482 e. The number of fused-ring (bicyclic) bond motifs is 1. The number of halogens is 1. The van der Waals surface area contributed by atoms with E-state index in [4.69, 9.17) is 4.74 Å². The normalized spacial score (nSPS) is 17.5. The molecule has 6 nitrogen and oxygen atoms in total. The van der Waals surface area contributed by atoms with E-state index < -0.39 is 0 Å². The zero-order valence-corrected chi connectivity index (χ0v) is 12.0. The van der Waals surface area contributed by atoms with Crippen LogP contribution in [0.3, 0.4) is 0 Å². The topological polar surface area (TPSA) is 66.0 Å². The fraction of sp³-hybridized carbons (Fsp3) is 0.333. The average Bonchev–Trinajstić information content (AvgIpc) is 2.89. The minimum absolute atomic E-state index is 0.0582. The van der Waals surface area contributed by atoms with Crippen molar-refractivity contribution >= 4 is 39.2 Å². The lowest BCUT2D eigenvalue weighted by atomic mass is 10.2. The molecule has 2 aliphatic heterocycles. The molecule has 0 aromatic heterocycles. The Bertz CT molecular complexity index is 573. The van der Waals surface area contributed by atoms with Gasteiger partial charge in [0.15, 0.2) is 12.6 Å². The van der Waals surface area contributed by atoms with Gasteiger partial charge in [0.05, 0.1) is 17.9 Å². The molecule has 1 aromatic rings. The van der Waals surface area contributed by atoms with Crippen LogP contribution < -0.4 is 20.3 Å². The highest BCUT2D eigenvalue weighted by Crippen LogP contribution is 2.38. The van der Waals surface area contributed by atoms with Crippen molar-refractivity contribution in [3.05, 3.63) is 16.6 Å². The second-order valence-corrected chi connectivity index (χ2v) is 5.18. The third-order valence-electron chi connectivity index (χ3n) is 3.06. The molecule has 0 saturated heterocycles. The van der Waals surface area contributed by atoms with Gasteiger partial charge in [-0.15, -0.1) is 0 Å². The molecule has 2 heterocycles. The molecule has 0 atom stereocenters. The first kappa shape index (κ1) is 12.3. The Balaban J connectivity index is 1.95. The van der Waals surface area contributed by atoms with Gasteiger partial charge in [-0.2, -0.15) is 0 Å². The maximum absolute atomic E-state index is 11.6. The van der Waals surface area contributed by atoms with Crippen LogP contribution in [0.4, 0.5) is 11.4 Å². The predicted molar refractivity (Wildman–Crippen MR) is 77.0 cm³/mol. The number of hydrogen-bond donors (Lipinski definition) is 2. The predicted octanol–water partition coefficient (Wildman–Crippen LogP) is 1.18. The summed E-state index contributed by atoms with van der Waals surface area (Å²) in [5.74, 6) is 1.38. The molecule has 7 heteroatoms. The van der Waals surface area contributed by atoms with Gasteiger partial charge in [0.2, 0.25) is 0 Å². The fourth-order valence-electron chi connectivity index (χ4n) is 2.00. The molecule has 19 heavy (non-hydrogen) atoms. The molecule has 0 aliphatic carbocycles. The van der Waals surface area contributed by atoms with Crippen LogP contribution in [0.15, 0.2) is 21.6 Å². The largest absolute Gasteiger partial charge is 0.482 e. The lowest BCUT2D eigenvalue weighted by molar-refractivity contribution is -0.120. The Morgan fingerprint density at radius 1 is 1.53 bits per heavy atom. The number of benzene rings is 1. The SMILES string of the molecule is CN1C(=O)COc2cc(Br)c(NC3=NCCN3)cc21. The van der Waals surface area contributed by atoms with Crippen molar-refractivity contribution in [3.8, 4) is 5.75 Å². The Hall–Kier alpha value is -1.76. The molecule has 2 N–H and O–H groups in total. The second kappa shape index (κ2) is 4.73. The molecule has 0 saturated carbocycles. The first-order valence-corrected chi connectivity index (χ1v) is 6.72. The molecule has 0 unspecified atom stereocenters. The Morgan fingerprint density at radius 2 is 2.37 bits per heavy atom. The molecular weight excluding hydrogens is 312 g/mol. The first-order chi connectivity index (χ1) is 9.15. The molecule has 2 aliphatic rings. The number of anilines is 2. The van der Waals surface area contributed by atoms with E-state index in [2.05, 4.69) is 31.6 Å². The van der Waals surface area contributed by atoms with Crippen molar-refractivity contribution in [1.29, 1.82) is 0 Å². The molecule has 100 valence electrons. The molecule has 1 aromatic carbocycles. The maximum atomic E-state index is 11.6. The number of nitrogens with one attached hydrogen (secondary N) is 2. The minimum atomic E-state index is -0.0582. The van der Waals surface area contributed by atoms with Crippen LogP contribution in [0, 0.1) is 0 Å². The summed E-state index contributed by atoms with van der Waals surface area (Å²) in [6, 6.07) is 3.73. The summed E-state index contributed by atoms with van der Waals surface area (Å²) in [5, 5.41) is 6.33. The smallest absolute Gasteiger partial charge is 0.264 e. The first-order valence-electron chi connectivity index (χ1n) is 5.93. The van der Waals surface area contributed by atoms with Crippen molar-refractivity contribution in [2.24, 2.45) is 4.99 Å². The van der Waals surface area contributed by atoms with Crippen LogP contribution in [-0.4, -0.2) is 38.6 Å². The van der Waals surface area contributed by atoms with Crippen molar-refractivity contribution in [2.45, 2.75) is 0 Å². The van der Waals surface area contributed by atoms with Crippen LogP contribution in [-0.2, 0) is 4.79 Å². The quantitative estimate of drug-likeness (QED) is 0.814. The number of aliphatic imine (C=N–C) groups is 1. The number of rotatable bonds is 1. The zero-order chi connectivity index (χ0) is 13.4. The molecule has 0 radical (unpaired) electrons. The molecule has 0 bridgehead atoms. The van der Waals surface area contributed by atoms with E-state index in [0.29, 0.717) is 5.75 Å². The summed E-state index contributed by atoms with van der Waals surface area (Å²) in [6.45, 7) is 1.69. The van der Waals surface area contributed by atoms with Gasteiger partial charge in [0.25, 0.3) is 5.91 Å². The summed E-state index contributed by atoms with van der Waals surface area (Å²) in [5.41, 5.74) is 1.59. The van der Waals surface area contributed by atoms with Gasteiger partial charge < -0.3 is 20.3 Å². The Labute approximate surface area is 119 Å². The monoisotopic (exact) mass is 324 g/mol. The van der Waals surface area contributed by atoms with Crippen LogP contribution in [0.2, 0.25) is 0 Å². The van der Waals surface area contributed by atoms with Gasteiger partial charge in [-0.3, -0.25) is 9.79 Å². The second-order valence-electron chi connectivity index (χ2n) is 4.32. The summed E-state index contributed by atoms with van der Waals surface area (Å²) < 4.78 is 6.28. The third kappa shape index (κ3) is 2.25. The number of carbonyl (C=O) groups is 1. The molecule has 0 fully saturated rings. The van der Waals surface area contributed by atoms with Crippen molar-refractivity contribution in [2.75, 3.05) is 37.0 Å². The number of likely N-dealkylation sites (N-methyl/N-ethyl adjacent to an activating group) is 1. The van der Waals surface area contributed by atoms with Crippen molar-refractivity contribution in [3.63, 3.8) is 0 Å². The standard InChI is InChI=1S/C12H13BrN4O2/c1-17-9-5-8(16-12-14-2-3-15-12)7(13)4-10(9)19-6-11(17)18/h4-5H,2-3,6H2,1H3,(H2,14,15,16).